The van der Waals surface area contributed by atoms with Crippen LogP contribution in [0.15, 0.2) is 0 Å². The Kier molecular flexibility index (Phi) is 10.4. The summed E-state index contributed by atoms with van der Waals surface area (Å²) in [5, 5.41) is 13.5. The van der Waals surface area contributed by atoms with Crippen molar-refractivity contribution < 1.29 is 9.84 Å². The molecule has 4 heteroatoms. The van der Waals surface area contributed by atoms with Crippen LogP contribution in [0.2, 0.25) is 0 Å². The van der Waals surface area contributed by atoms with Gasteiger partial charge in [-0.05, 0) is 33.1 Å². The molecule has 1 aliphatic rings. The lowest BCUT2D eigenvalue weighted by atomic mass is 9.91. The second-order valence-electron chi connectivity index (χ2n) is 7.51. The molecule has 0 aromatic carbocycles. The quantitative estimate of drug-likeness (QED) is 0.274. The monoisotopic (exact) mass is 328 g/mol. The molecular formula is C19H40N2O2. The van der Waals surface area contributed by atoms with E-state index in [0.717, 1.165) is 38.5 Å². The van der Waals surface area contributed by atoms with Crippen molar-refractivity contribution >= 4 is 0 Å². The molecule has 0 radical (unpaired) electrons. The van der Waals surface area contributed by atoms with E-state index in [1.807, 2.05) is 0 Å². The summed E-state index contributed by atoms with van der Waals surface area (Å²) >= 11 is 0. The first-order valence-electron chi connectivity index (χ1n) is 9.78. The van der Waals surface area contributed by atoms with Crippen LogP contribution >= 0.6 is 0 Å². The Morgan fingerprint density at radius 1 is 1.22 bits per heavy atom. The van der Waals surface area contributed by atoms with E-state index in [4.69, 9.17) is 4.74 Å². The van der Waals surface area contributed by atoms with Gasteiger partial charge in [0.25, 0.3) is 0 Å². The van der Waals surface area contributed by atoms with Gasteiger partial charge in [0.1, 0.15) is 6.23 Å². The number of ether oxygens (including phenoxy) is 1. The maximum absolute atomic E-state index is 10.2. The van der Waals surface area contributed by atoms with Crippen LogP contribution in [0.5, 0.6) is 0 Å². The maximum Gasteiger partial charge on any atom is 0.128 e. The zero-order chi connectivity index (χ0) is 17.1. The Balaban J connectivity index is 2.06. The largest absolute Gasteiger partial charge is 0.377 e. The molecular weight excluding hydrogens is 288 g/mol. The molecule has 0 bridgehead atoms. The fraction of sp³-hybridized carbons (Fsp3) is 1.00. The van der Waals surface area contributed by atoms with Crippen LogP contribution in [0.3, 0.4) is 0 Å². The molecule has 1 heterocycles. The van der Waals surface area contributed by atoms with Crippen LogP contribution in [-0.4, -0.2) is 54.1 Å². The number of hydrogen-bond acceptors (Lipinski definition) is 4. The summed E-state index contributed by atoms with van der Waals surface area (Å²) < 4.78 is 5.62. The molecule has 0 amide bonds. The molecule has 4 nitrogen and oxygen atoms in total. The molecule has 0 aromatic heterocycles. The molecule has 138 valence electrons. The first-order valence-corrected chi connectivity index (χ1v) is 9.78. The van der Waals surface area contributed by atoms with Crippen LogP contribution in [-0.2, 0) is 4.74 Å². The van der Waals surface area contributed by atoms with E-state index >= 15 is 0 Å². The van der Waals surface area contributed by atoms with E-state index in [9.17, 15) is 5.11 Å². The van der Waals surface area contributed by atoms with Crippen LogP contribution < -0.4 is 5.32 Å². The summed E-state index contributed by atoms with van der Waals surface area (Å²) in [4.78, 5) is 2.44. The summed E-state index contributed by atoms with van der Waals surface area (Å²) in [5.74, 6) is 0. The molecule has 23 heavy (non-hydrogen) atoms. The zero-order valence-corrected chi connectivity index (χ0v) is 15.9. The molecule has 1 rings (SSSR count). The molecule has 4 unspecified atom stereocenters. The van der Waals surface area contributed by atoms with Gasteiger partial charge in [-0.25, -0.2) is 0 Å². The molecule has 2 N–H and O–H groups in total. The van der Waals surface area contributed by atoms with Crippen molar-refractivity contribution in [2.45, 2.75) is 96.9 Å². The highest BCUT2D eigenvalue weighted by Gasteiger charge is 2.27. The number of nitrogens with one attached hydrogen (secondary N) is 1. The minimum absolute atomic E-state index is 0.0180. The highest BCUT2D eigenvalue weighted by atomic mass is 16.5. The topological polar surface area (TPSA) is 44.5 Å². The van der Waals surface area contributed by atoms with Crippen molar-refractivity contribution in [1.29, 1.82) is 0 Å². The predicted molar refractivity (Wildman–Crippen MR) is 97.7 cm³/mol. The van der Waals surface area contributed by atoms with Gasteiger partial charge in [-0.1, -0.05) is 46.0 Å². The average molecular weight is 329 g/mol. The summed E-state index contributed by atoms with van der Waals surface area (Å²) in [6.07, 6.45) is 9.14. The average Bonchev–Trinajstić information content (AvgIpc) is 3.22. The summed E-state index contributed by atoms with van der Waals surface area (Å²) in [6, 6.07) is 0.768. The SMILES string of the molecule is CCCCCCCC(C)(CC)NC(O)COCCCN1CC1C. The molecule has 1 saturated heterocycles. The smallest absolute Gasteiger partial charge is 0.128 e. The van der Waals surface area contributed by atoms with Gasteiger partial charge in [-0.15, -0.1) is 0 Å². The normalized spacial score (nSPS) is 24.4. The second-order valence-corrected chi connectivity index (χ2v) is 7.51. The number of aliphatic hydroxyl groups is 1. The highest BCUT2D eigenvalue weighted by molar-refractivity contribution is 4.84. The summed E-state index contributed by atoms with van der Waals surface area (Å²) in [5.41, 5.74) is 0.0180. The number of hydrogen-bond donors (Lipinski definition) is 2. The lowest BCUT2D eigenvalue weighted by Gasteiger charge is -2.32. The van der Waals surface area contributed by atoms with E-state index in [1.165, 1.54) is 38.6 Å². The van der Waals surface area contributed by atoms with Gasteiger partial charge in [0.05, 0.1) is 6.61 Å². The molecule has 1 aliphatic heterocycles. The Hall–Kier alpha value is -0.160. The minimum Gasteiger partial charge on any atom is -0.377 e. The van der Waals surface area contributed by atoms with Crippen LogP contribution in [0, 0.1) is 0 Å². The highest BCUT2D eigenvalue weighted by Crippen LogP contribution is 2.20. The zero-order valence-electron chi connectivity index (χ0n) is 15.9. The molecule has 0 aromatic rings. The van der Waals surface area contributed by atoms with Gasteiger partial charge >= 0.3 is 0 Å². The van der Waals surface area contributed by atoms with Gasteiger partial charge in [-0.3, -0.25) is 10.2 Å². The number of aliphatic hydroxyl groups excluding tert-OH is 1. The molecule has 0 spiro atoms. The van der Waals surface area contributed by atoms with Gasteiger partial charge in [0.15, 0.2) is 0 Å². The fourth-order valence-corrected chi connectivity index (χ4v) is 3.08. The van der Waals surface area contributed by atoms with Crippen molar-refractivity contribution in [3.8, 4) is 0 Å². The summed E-state index contributed by atoms with van der Waals surface area (Å²) in [7, 11) is 0. The van der Waals surface area contributed by atoms with E-state index in [-0.39, 0.29) is 5.54 Å². The number of rotatable bonds is 15. The van der Waals surface area contributed by atoms with Crippen LogP contribution in [0.25, 0.3) is 0 Å². The molecule has 4 atom stereocenters. The van der Waals surface area contributed by atoms with Gasteiger partial charge < -0.3 is 9.84 Å². The lowest BCUT2D eigenvalue weighted by Crippen LogP contribution is -2.49. The van der Waals surface area contributed by atoms with Gasteiger partial charge in [0, 0.05) is 31.3 Å². The first kappa shape index (κ1) is 20.9. The fourth-order valence-electron chi connectivity index (χ4n) is 3.08. The third-order valence-corrected chi connectivity index (χ3v) is 5.13. The van der Waals surface area contributed by atoms with Crippen molar-refractivity contribution in [1.82, 2.24) is 10.2 Å². The van der Waals surface area contributed by atoms with Crippen LogP contribution in [0.4, 0.5) is 0 Å². The van der Waals surface area contributed by atoms with Crippen molar-refractivity contribution in [2.24, 2.45) is 0 Å². The minimum atomic E-state index is -0.559. The standard InChI is InChI=1S/C19H40N2O2/c1-5-7-8-9-10-12-19(4,6-2)20-18(22)16-23-14-11-13-21-15-17(21)3/h17-18,20,22H,5-16H2,1-4H3. The molecule has 0 saturated carbocycles. The van der Waals surface area contributed by atoms with E-state index in [2.05, 4.69) is 37.9 Å². The van der Waals surface area contributed by atoms with E-state index in [0.29, 0.717) is 6.61 Å². The maximum atomic E-state index is 10.2. The van der Waals surface area contributed by atoms with Gasteiger partial charge in [0.2, 0.25) is 0 Å². The Bertz CT molecular complexity index is 301. The number of unbranched alkanes of at least 4 members (excludes halogenated alkanes) is 4. The van der Waals surface area contributed by atoms with E-state index in [1.54, 1.807) is 0 Å². The molecule has 1 fully saturated rings. The first-order chi connectivity index (χ1) is 11.0. The number of nitrogens with zero attached hydrogens (tertiary/aromatic N) is 1. The Morgan fingerprint density at radius 3 is 2.52 bits per heavy atom. The molecule has 0 aliphatic carbocycles. The van der Waals surface area contributed by atoms with Crippen molar-refractivity contribution in [3.05, 3.63) is 0 Å². The third-order valence-electron chi connectivity index (χ3n) is 5.13. The summed E-state index contributed by atoms with van der Waals surface area (Å²) in [6.45, 7) is 12.4. The Labute approximate surface area is 144 Å². The Morgan fingerprint density at radius 2 is 1.91 bits per heavy atom. The van der Waals surface area contributed by atoms with Crippen molar-refractivity contribution in [3.63, 3.8) is 0 Å². The third kappa shape index (κ3) is 9.65. The predicted octanol–water partition coefficient (Wildman–Crippen LogP) is 3.53. The lowest BCUT2D eigenvalue weighted by molar-refractivity contribution is -0.00194. The van der Waals surface area contributed by atoms with Crippen LogP contribution in [0.1, 0.15) is 79.1 Å². The van der Waals surface area contributed by atoms with E-state index < -0.39 is 6.23 Å². The second kappa shape index (κ2) is 11.4. The van der Waals surface area contributed by atoms with Gasteiger partial charge in [-0.2, -0.15) is 0 Å². The van der Waals surface area contributed by atoms with Crippen molar-refractivity contribution in [2.75, 3.05) is 26.3 Å².